The van der Waals surface area contributed by atoms with Gasteiger partial charge in [0.2, 0.25) is 0 Å². The van der Waals surface area contributed by atoms with Gasteiger partial charge >= 0.3 is 6.01 Å². The van der Waals surface area contributed by atoms with Crippen LogP contribution in [0, 0.1) is 0 Å². The van der Waals surface area contributed by atoms with E-state index < -0.39 is 0 Å². The SMILES string of the molecule is O=C1COCCN1c1ccc(-c2cnc(OC3CCN(C4CCCC4)CC3)nc2)cc1. The lowest BCUT2D eigenvalue weighted by Gasteiger charge is -2.35. The maximum absolute atomic E-state index is 12.0. The molecule has 5 rings (SSSR count). The van der Waals surface area contributed by atoms with Gasteiger partial charge in [-0.3, -0.25) is 4.79 Å². The third-order valence-corrected chi connectivity index (χ3v) is 6.72. The second-order valence-corrected chi connectivity index (χ2v) is 8.69. The van der Waals surface area contributed by atoms with Crippen LogP contribution in [-0.2, 0) is 9.53 Å². The van der Waals surface area contributed by atoms with Crippen molar-refractivity contribution in [2.45, 2.75) is 50.7 Å². The molecule has 1 aromatic heterocycles. The predicted molar refractivity (Wildman–Crippen MR) is 118 cm³/mol. The van der Waals surface area contributed by atoms with Crippen molar-refractivity contribution in [2.75, 3.05) is 37.7 Å². The van der Waals surface area contributed by atoms with Gasteiger partial charge in [0.05, 0.1) is 6.61 Å². The number of carbonyl (C=O) groups excluding carboxylic acids is 1. The molecule has 1 amide bonds. The number of ether oxygens (including phenoxy) is 2. The summed E-state index contributed by atoms with van der Waals surface area (Å²) in [6.07, 6.45) is 11.4. The molecule has 1 aromatic carbocycles. The molecule has 0 bridgehead atoms. The van der Waals surface area contributed by atoms with Crippen LogP contribution >= 0.6 is 0 Å². The summed E-state index contributed by atoms with van der Waals surface area (Å²) in [7, 11) is 0. The summed E-state index contributed by atoms with van der Waals surface area (Å²) >= 11 is 0. The largest absolute Gasteiger partial charge is 0.460 e. The number of aromatic nitrogens is 2. The van der Waals surface area contributed by atoms with Crippen LogP contribution in [-0.4, -0.2) is 65.8 Å². The van der Waals surface area contributed by atoms with Crippen molar-refractivity contribution >= 4 is 11.6 Å². The highest BCUT2D eigenvalue weighted by Gasteiger charge is 2.28. The van der Waals surface area contributed by atoms with E-state index in [0.29, 0.717) is 19.2 Å². The van der Waals surface area contributed by atoms with Crippen LogP contribution in [0.4, 0.5) is 5.69 Å². The minimum atomic E-state index is -0.00193. The maximum atomic E-state index is 12.0. The highest BCUT2D eigenvalue weighted by Crippen LogP contribution is 2.28. The van der Waals surface area contributed by atoms with Gasteiger partial charge in [-0.1, -0.05) is 25.0 Å². The minimum absolute atomic E-state index is 0.00193. The Morgan fingerprint density at radius 2 is 1.61 bits per heavy atom. The van der Waals surface area contributed by atoms with E-state index in [9.17, 15) is 4.79 Å². The van der Waals surface area contributed by atoms with Gasteiger partial charge in [0, 0.05) is 49.3 Å². The van der Waals surface area contributed by atoms with E-state index in [1.807, 2.05) is 36.7 Å². The Bertz CT molecular complexity index is 873. The van der Waals surface area contributed by atoms with E-state index in [1.54, 1.807) is 4.90 Å². The second-order valence-electron chi connectivity index (χ2n) is 8.69. The summed E-state index contributed by atoms with van der Waals surface area (Å²) < 4.78 is 11.3. The number of likely N-dealkylation sites (tertiary alicyclic amines) is 1. The van der Waals surface area contributed by atoms with E-state index in [-0.39, 0.29) is 18.6 Å². The molecule has 3 fully saturated rings. The Kier molecular flexibility index (Phi) is 6.13. The second kappa shape index (κ2) is 9.32. The number of hydrogen-bond acceptors (Lipinski definition) is 6. The zero-order chi connectivity index (χ0) is 21.0. The zero-order valence-electron chi connectivity index (χ0n) is 17.9. The van der Waals surface area contributed by atoms with Gasteiger partial charge in [-0.25, -0.2) is 9.97 Å². The molecule has 2 saturated heterocycles. The molecule has 1 aliphatic carbocycles. The molecule has 0 N–H and O–H groups in total. The molecule has 0 spiro atoms. The Morgan fingerprint density at radius 1 is 0.903 bits per heavy atom. The summed E-state index contributed by atoms with van der Waals surface area (Å²) in [6, 6.07) is 9.16. The molecule has 3 heterocycles. The number of morpholine rings is 1. The molecule has 3 aliphatic rings. The number of piperidine rings is 1. The molecule has 7 heteroatoms. The van der Waals surface area contributed by atoms with Crippen LogP contribution in [0.15, 0.2) is 36.7 Å². The van der Waals surface area contributed by atoms with E-state index >= 15 is 0 Å². The van der Waals surface area contributed by atoms with Crippen LogP contribution in [0.2, 0.25) is 0 Å². The van der Waals surface area contributed by atoms with Crippen molar-refractivity contribution in [3.05, 3.63) is 36.7 Å². The van der Waals surface area contributed by atoms with Crippen molar-refractivity contribution in [3.8, 4) is 17.1 Å². The number of rotatable bonds is 5. The number of hydrogen-bond donors (Lipinski definition) is 0. The predicted octanol–water partition coefficient (Wildman–Crippen LogP) is 3.29. The van der Waals surface area contributed by atoms with E-state index in [1.165, 1.54) is 25.7 Å². The van der Waals surface area contributed by atoms with Crippen molar-refractivity contribution in [3.63, 3.8) is 0 Å². The average Bonchev–Trinajstić information content (AvgIpc) is 3.36. The normalized spacial score (nSPS) is 21.5. The molecule has 7 nitrogen and oxygen atoms in total. The van der Waals surface area contributed by atoms with Crippen molar-refractivity contribution in [2.24, 2.45) is 0 Å². The first-order valence-electron chi connectivity index (χ1n) is 11.5. The van der Waals surface area contributed by atoms with E-state index in [0.717, 1.165) is 48.8 Å². The monoisotopic (exact) mass is 422 g/mol. The van der Waals surface area contributed by atoms with E-state index in [4.69, 9.17) is 9.47 Å². The molecular formula is C24H30N4O3. The summed E-state index contributed by atoms with van der Waals surface area (Å²) in [5.74, 6) is -0.00193. The Balaban J connectivity index is 1.16. The van der Waals surface area contributed by atoms with Crippen LogP contribution in [0.25, 0.3) is 11.1 Å². The average molecular weight is 423 g/mol. The van der Waals surface area contributed by atoms with Crippen molar-refractivity contribution in [1.82, 2.24) is 14.9 Å². The first-order valence-corrected chi connectivity index (χ1v) is 11.5. The maximum Gasteiger partial charge on any atom is 0.316 e. The summed E-state index contributed by atoms with van der Waals surface area (Å²) in [5, 5.41) is 0. The third-order valence-electron chi connectivity index (χ3n) is 6.72. The molecule has 2 aromatic rings. The van der Waals surface area contributed by atoms with E-state index in [2.05, 4.69) is 14.9 Å². The third kappa shape index (κ3) is 4.72. The standard InChI is InChI=1S/C24H30N4O3/c29-23-17-30-14-13-28(23)21-7-5-18(6-8-21)19-15-25-24(26-16-19)31-22-9-11-27(12-10-22)20-3-1-2-4-20/h5-8,15-16,20,22H,1-4,9-14,17H2. The molecule has 0 radical (unpaired) electrons. The lowest BCUT2D eigenvalue weighted by molar-refractivity contribution is -0.125. The highest BCUT2D eigenvalue weighted by atomic mass is 16.5. The fraction of sp³-hybridized carbons (Fsp3) is 0.542. The van der Waals surface area contributed by atoms with Gasteiger partial charge in [-0.2, -0.15) is 0 Å². The molecule has 31 heavy (non-hydrogen) atoms. The number of carbonyl (C=O) groups is 1. The smallest absolute Gasteiger partial charge is 0.316 e. The van der Waals surface area contributed by atoms with Crippen LogP contribution < -0.4 is 9.64 Å². The summed E-state index contributed by atoms with van der Waals surface area (Å²) in [6.45, 7) is 3.54. The molecular weight excluding hydrogens is 392 g/mol. The Labute approximate surface area is 183 Å². The Hall–Kier alpha value is -2.51. The molecule has 2 aliphatic heterocycles. The topological polar surface area (TPSA) is 67.8 Å². The lowest BCUT2D eigenvalue weighted by Crippen LogP contribution is -2.43. The van der Waals surface area contributed by atoms with Gasteiger partial charge in [0.25, 0.3) is 5.91 Å². The highest BCUT2D eigenvalue weighted by molar-refractivity contribution is 5.95. The molecule has 164 valence electrons. The zero-order valence-corrected chi connectivity index (χ0v) is 17.9. The summed E-state index contributed by atoms with van der Waals surface area (Å²) in [4.78, 5) is 25.3. The number of nitrogens with zero attached hydrogens (tertiary/aromatic N) is 4. The fourth-order valence-corrected chi connectivity index (χ4v) is 4.93. The molecule has 0 atom stereocenters. The van der Waals surface area contributed by atoms with Crippen molar-refractivity contribution in [1.29, 1.82) is 0 Å². The van der Waals surface area contributed by atoms with Crippen LogP contribution in [0.3, 0.4) is 0 Å². The van der Waals surface area contributed by atoms with Gasteiger partial charge in [0.1, 0.15) is 12.7 Å². The quantitative estimate of drug-likeness (QED) is 0.737. The van der Waals surface area contributed by atoms with Gasteiger partial charge < -0.3 is 19.3 Å². The van der Waals surface area contributed by atoms with Crippen LogP contribution in [0.1, 0.15) is 38.5 Å². The minimum Gasteiger partial charge on any atom is -0.460 e. The van der Waals surface area contributed by atoms with Gasteiger partial charge in [-0.15, -0.1) is 0 Å². The first-order chi connectivity index (χ1) is 15.3. The summed E-state index contributed by atoms with van der Waals surface area (Å²) in [5.41, 5.74) is 2.84. The molecule has 1 saturated carbocycles. The number of anilines is 1. The molecule has 0 unspecified atom stereocenters. The van der Waals surface area contributed by atoms with Gasteiger partial charge in [0.15, 0.2) is 0 Å². The van der Waals surface area contributed by atoms with Gasteiger partial charge in [-0.05, 0) is 43.4 Å². The lowest BCUT2D eigenvalue weighted by atomic mass is 10.0. The van der Waals surface area contributed by atoms with Crippen LogP contribution in [0.5, 0.6) is 6.01 Å². The van der Waals surface area contributed by atoms with Crippen molar-refractivity contribution < 1.29 is 14.3 Å². The fourth-order valence-electron chi connectivity index (χ4n) is 4.93. The first kappa shape index (κ1) is 20.4. The Morgan fingerprint density at radius 3 is 2.29 bits per heavy atom. The number of benzene rings is 1. The number of amides is 1.